The van der Waals surface area contributed by atoms with E-state index in [-0.39, 0.29) is 17.6 Å². The van der Waals surface area contributed by atoms with Crippen LogP contribution in [0.2, 0.25) is 0 Å². The number of hydrogen-bond donors (Lipinski definition) is 3. The highest BCUT2D eigenvalue weighted by Crippen LogP contribution is 2.38. The van der Waals surface area contributed by atoms with Crippen LogP contribution in [-0.2, 0) is 22.5 Å². The summed E-state index contributed by atoms with van der Waals surface area (Å²) >= 11 is 3.17. The molecule has 0 radical (unpaired) electrons. The third kappa shape index (κ3) is 9.41. The van der Waals surface area contributed by atoms with Gasteiger partial charge in [-0.05, 0) is 100 Å². The molecule has 0 fully saturated rings. The summed E-state index contributed by atoms with van der Waals surface area (Å²) in [4.78, 5) is 35.1. The molecule has 214 valence electrons. The Morgan fingerprint density at radius 1 is 1.00 bits per heavy atom. The van der Waals surface area contributed by atoms with Gasteiger partial charge in [-0.3, -0.25) is 19.8 Å². The standard InChI is InChI=1S/C31H35N5O3S2/c1-20(2)39-30(38)35-24-9-7-23(8-10-24)29-34-19-27(40-29)25-11-6-22(16-26(25)41-36-31(3,4)5)18-33-28(37)17-21-12-14-32-15-13-21/h6-16,19-20,36H,17-18H2,1-5H3,(H,33,37)(H,35,38). The zero-order valence-electron chi connectivity index (χ0n) is 23.9. The van der Waals surface area contributed by atoms with Crippen LogP contribution in [0.1, 0.15) is 45.7 Å². The van der Waals surface area contributed by atoms with E-state index < -0.39 is 6.09 Å². The maximum Gasteiger partial charge on any atom is 0.411 e. The molecule has 0 aliphatic rings. The van der Waals surface area contributed by atoms with Crippen LogP contribution in [0.3, 0.4) is 0 Å². The molecule has 0 unspecified atom stereocenters. The normalized spacial score (nSPS) is 11.4. The van der Waals surface area contributed by atoms with Gasteiger partial charge in [0.05, 0.1) is 17.4 Å². The van der Waals surface area contributed by atoms with Gasteiger partial charge in [-0.15, -0.1) is 11.3 Å². The van der Waals surface area contributed by atoms with E-state index >= 15 is 0 Å². The van der Waals surface area contributed by atoms with Gasteiger partial charge in [0.1, 0.15) is 5.01 Å². The lowest BCUT2D eigenvalue weighted by atomic mass is 10.1. The monoisotopic (exact) mass is 589 g/mol. The Morgan fingerprint density at radius 2 is 1.73 bits per heavy atom. The summed E-state index contributed by atoms with van der Waals surface area (Å²) in [5.74, 6) is -0.0348. The van der Waals surface area contributed by atoms with E-state index in [1.54, 1.807) is 35.7 Å². The Kier molecular flexibility index (Phi) is 10.1. The molecule has 41 heavy (non-hydrogen) atoms. The summed E-state index contributed by atoms with van der Waals surface area (Å²) in [6, 6.07) is 17.5. The van der Waals surface area contributed by atoms with Gasteiger partial charge in [0.25, 0.3) is 0 Å². The molecule has 3 N–H and O–H groups in total. The molecule has 2 heterocycles. The van der Waals surface area contributed by atoms with Crippen LogP contribution >= 0.6 is 23.3 Å². The number of rotatable bonds is 10. The third-order valence-corrected chi connectivity index (χ3v) is 7.96. The Bertz CT molecular complexity index is 1470. The Labute approximate surface area is 249 Å². The first kappa shape index (κ1) is 30.2. The number of benzene rings is 2. The highest BCUT2D eigenvalue weighted by atomic mass is 32.2. The van der Waals surface area contributed by atoms with Crippen LogP contribution in [0.25, 0.3) is 21.0 Å². The Balaban J connectivity index is 1.48. The highest BCUT2D eigenvalue weighted by molar-refractivity contribution is 7.97. The van der Waals surface area contributed by atoms with E-state index in [9.17, 15) is 9.59 Å². The lowest BCUT2D eigenvalue weighted by molar-refractivity contribution is -0.120. The first-order valence-corrected chi connectivity index (χ1v) is 15.0. The molecule has 4 rings (SSSR count). The average Bonchev–Trinajstić information content (AvgIpc) is 3.41. The van der Waals surface area contributed by atoms with Crippen molar-refractivity contribution in [2.75, 3.05) is 5.32 Å². The minimum Gasteiger partial charge on any atom is -0.447 e. The van der Waals surface area contributed by atoms with Crippen molar-refractivity contribution in [3.8, 4) is 21.0 Å². The van der Waals surface area contributed by atoms with Crippen LogP contribution < -0.4 is 15.4 Å². The van der Waals surface area contributed by atoms with Crippen molar-refractivity contribution in [1.82, 2.24) is 20.0 Å². The number of carbonyl (C=O) groups is 2. The summed E-state index contributed by atoms with van der Waals surface area (Å²) in [5.41, 5.74) is 4.54. The number of anilines is 1. The summed E-state index contributed by atoms with van der Waals surface area (Å²) in [6.07, 6.45) is 4.92. The first-order valence-electron chi connectivity index (χ1n) is 13.3. The van der Waals surface area contributed by atoms with E-state index in [0.29, 0.717) is 18.7 Å². The number of thiazole rings is 1. The fraction of sp³-hybridized carbons (Fsp3) is 0.290. The fourth-order valence-corrected chi connectivity index (χ4v) is 5.65. The molecule has 0 aliphatic heterocycles. The topological polar surface area (TPSA) is 105 Å². The van der Waals surface area contributed by atoms with Gasteiger partial charge in [0.15, 0.2) is 0 Å². The van der Waals surface area contributed by atoms with Crippen LogP contribution in [0.4, 0.5) is 10.5 Å². The molecule has 0 aliphatic carbocycles. The molecule has 2 aromatic heterocycles. The summed E-state index contributed by atoms with van der Waals surface area (Å²) in [7, 11) is 0. The lowest BCUT2D eigenvalue weighted by Crippen LogP contribution is -2.29. The number of hydrogen-bond acceptors (Lipinski definition) is 8. The number of ether oxygens (including phenoxy) is 1. The summed E-state index contributed by atoms with van der Waals surface area (Å²) < 4.78 is 8.65. The average molecular weight is 590 g/mol. The van der Waals surface area contributed by atoms with Crippen molar-refractivity contribution in [3.05, 3.63) is 84.3 Å². The zero-order chi connectivity index (χ0) is 29.4. The van der Waals surface area contributed by atoms with Crippen molar-refractivity contribution in [3.63, 3.8) is 0 Å². The lowest BCUT2D eigenvalue weighted by Gasteiger charge is -2.21. The van der Waals surface area contributed by atoms with E-state index in [4.69, 9.17) is 4.74 Å². The van der Waals surface area contributed by atoms with Crippen molar-refractivity contribution in [2.24, 2.45) is 0 Å². The molecule has 0 atom stereocenters. The van der Waals surface area contributed by atoms with E-state index in [1.807, 2.05) is 62.5 Å². The molecule has 10 heteroatoms. The van der Waals surface area contributed by atoms with Crippen LogP contribution in [-0.4, -0.2) is 33.6 Å². The molecule has 2 amide bonds. The highest BCUT2D eigenvalue weighted by Gasteiger charge is 2.16. The molecular weight excluding hydrogens is 555 g/mol. The molecule has 4 aromatic rings. The van der Waals surface area contributed by atoms with Gasteiger partial charge in [-0.25, -0.2) is 9.78 Å². The van der Waals surface area contributed by atoms with Gasteiger partial charge in [0.2, 0.25) is 5.91 Å². The second-order valence-corrected chi connectivity index (χ2v) is 12.7. The van der Waals surface area contributed by atoms with Crippen molar-refractivity contribution in [1.29, 1.82) is 0 Å². The number of carbonyl (C=O) groups excluding carboxylic acids is 2. The van der Waals surface area contributed by atoms with E-state index in [1.165, 1.54) is 0 Å². The molecule has 0 saturated carbocycles. The predicted molar refractivity (Wildman–Crippen MR) is 167 cm³/mol. The first-order chi connectivity index (χ1) is 19.6. The Morgan fingerprint density at radius 3 is 2.41 bits per heavy atom. The van der Waals surface area contributed by atoms with Gasteiger partial charge in [0, 0.05) is 52.4 Å². The smallest absolute Gasteiger partial charge is 0.411 e. The molecular formula is C31H35N5O3S2. The quantitative estimate of drug-likeness (QED) is 0.170. The van der Waals surface area contributed by atoms with Gasteiger partial charge in [-0.1, -0.05) is 12.1 Å². The third-order valence-electron chi connectivity index (χ3n) is 5.61. The number of amides is 2. The van der Waals surface area contributed by atoms with Crippen LogP contribution in [0.5, 0.6) is 0 Å². The van der Waals surface area contributed by atoms with Gasteiger partial charge < -0.3 is 10.1 Å². The number of nitrogens with one attached hydrogen (secondary N) is 3. The van der Waals surface area contributed by atoms with Crippen molar-refractivity contribution in [2.45, 2.75) is 64.1 Å². The second kappa shape index (κ2) is 13.8. The van der Waals surface area contributed by atoms with E-state index in [0.717, 1.165) is 37.0 Å². The minimum atomic E-state index is -0.477. The maximum atomic E-state index is 12.5. The van der Waals surface area contributed by atoms with Crippen LogP contribution in [0.15, 0.2) is 78.1 Å². The van der Waals surface area contributed by atoms with E-state index in [2.05, 4.69) is 58.2 Å². The van der Waals surface area contributed by atoms with Crippen molar-refractivity contribution < 1.29 is 14.3 Å². The number of pyridine rings is 1. The van der Waals surface area contributed by atoms with Gasteiger partial charge >= 0.3 is 6.09 Å². The summed E-state index contributed by atoms with van der Waals surface area (Å²) in [5, 5.41) is 6.64. The molecule has 0 spiro atoms. The molecule has 8 nitrogen and oxygen atoms in total. The molecule has 2 aromatic carbocycles. The largest absolute Gasteiger partial charge is 0.447 e. The second-order valence-electron chi connectivity index (χ2n) is 10.8. The maximum absolute atomic E-state index is 12.5. The minimum absolute atomic E-state index is 0.0348. The Hall–Kier alpha value is -3.73. The fourth-order valence-electron chi connectivity index (χ4n) is 3.71. The number of nitrogens with zero attached hydrogens (tertiary/aromatic N) is 2. The van der Waals surface area contributed by atoms with Crippen molar-refractivity contribution >= 4 is 41.0 Å². The summed E-state index contributed by atoms with van der Waals surface area (Å²) in [6.45, 7) is 10.4. The van der Waals surface area contributed by atoms with Crippen LogP contribution in [0, 0.1) is 0 Å². The molecule has 0 bridgehead atoms. The number of aromatic nitrogens is 2. The predicted octanol–water partition coefficient (Wildman–Crippen LogP) is 7.08. The SMILES string of the molecule is CC(C)OC(=O)Nc1ccc(-c2ncc(-c3ccc(CNC(=O)Cc4ccncc4)cc3SNC(C)(C)C)s2)cc1. The molecule has 0 saturated heterocycles. The van der Waals surface area contributed by atoms with Gasteiger partial charge in [-0.2, -0.15) is 0 Å². The zero-order valence-corrected chi connectivity index (χ0v) is 25.5.